The third kappa shape index (κ3) is 3.18. The summed E-state index contributed by atoms with van der Waals surface area (Å²) in [7, 11) is 0. The number of aromatic amines is 1. The standard InChI is InChI=1S/C19H15N3O4/c20-17(24)12-5-1-10(2-6-12)14-9-15(23)19(26)22-16(14)11-3-7-13(8-4-11)18(21)25/h1-9,23H,(H2,20,24)(H2,21,25)(H,22,26). The van der Waals surface area contributed by atoms with Crippen LogP contribution in [0, 0.1) is 0 Å². The molecule has 0 aliphatic carbocycles. The van der Waals surface area contributed by atoms with Crippen LogP contribution in [0.2, 0.25) is 0 Å². The fraction of sp³-hybridized carbons (Fsp3) is 0. The molecule has 1 aromatic heterocycles. The molecule has 1 heterocycles. The van der Waals surface area contributed by atoms with Gasteiger partial charge in [0.1, 0.15) is 0 Å². The lowest BCUT2D eigenvalue weighted by Gasteiger charge is -2.11. The predicted octanol–water partition coefficient (Wildman–Crippen LogP) is 1.61. The molecule has 0 spiro atoms. The van der Waals surface area contributed by atoms with Crippen LogP contribution < -0.4 is 17.0 Å². The minimum absolute atomic E-state index is 0.335. The van der Waals surface area contributed by atoms with Crippen molar-refractivity contribution in [1.29, 1.82) is 0 Å². The Morgan fingerprint density at radius 2 is 1.27 bits per heavy atom. The highest BCUT2D eigenvalue weighted by atomic mass is 16.3. The smallest absolute Gasteiger partial charge is 0.290 e. The minimum atomic E-state index is -0.642. The highest BCUT2D eigenvalue weighted by molar-refractivity contribution is 5.94. The Morgan fingerprint density at radius 1 is 0.808 bits per heavy atom. The summed E-state index contributed by atoms with van der Waals surface area (Å²) in [6, 6.07) is 14.1. The average molecular weight is 349 g/mol. The van der Waals surface area contributed by atoms with Crippen LogP contribution in [-0.2, 0) is 0 Å². The van der Waals surface area contributed by atoms with Crippen molar-refractivity contribution in [2.75, 3.05) is 0 Å². The van der Waals surface area contributed by atoms with E-state index in [9.17, 15) is 19.5 Å². The SMILES string of the molecule is NC(=O)c1ccc(-c2cc(O)c(=O)[nH]c2-c2ccc(C(N)=O)cc2)cc1. The first-order chi connectivity index (χ1) is 12.4. The van der Waals surface area contributed by atoms with Crippen LogP contribution in [0.5, 0.6) is 5.75 Å². The van der Waals surface area contributed by atoms with Gasteiger partial charge in [0, 0.05) is 16.7 Å². The van der Waals surface area contributed by atoms with Crippen molar-refractivity contribution in [2.45, 2.75) is 0 Å². The van der Waals surface area contributed by atoms with Crippen LogP contribution in [0.25, 0.3) is 22.4 Å². The molecule has 7 nitrogen and oxygen atoms in total. The second kappa shape index (κ2) is 6.56. The maximum absolute atomic E-state index is 11.9. The Balaban J connectivity index is 2.16. The number of hydrogen-bond acceptors (Lipinski definition) is 4. The van der Waals surface area contributed by atoms with E-state index in [2.05, 4.69) is 4.98 Å². The van der Waals surface area contributed by atoms with E-state index in [0.29, 0.717) is 33.5 Å². The summed E-state index contributed by atoms with van der Waals surface area (Å²) in [5.74, 6) is -1.54. The number of primary amides is 2. The van der Waals surface area contributed by atoms with Crippen molar-refractivity contribution in [3.05, 3.63) is 76.1 Å². The zero-order valence-electron chi connectivity index (χ0n) is 13.5. The van der Waals surface area contributed by atoms with E-state index >= 15 is 0 Å². The van der Waals surface area contributed by atoms with E-state index in [1.807, 2.05) is 0 Å². The van der Waals surface area contributed by atoms with Gasteiger partial charge in [0.2, 0.25) is 11.8 Å². The van der Waals surface area contributed by atoms with Gasteiger partial charge in [-0.3, -0.25) is 14.4 Å². The van der Waals surface area contributed by atoms with Crippen LogP contribution in [-0.4, -0.2) is 21.9 Å². The first-order valence-corrected chi connectivity index (χ1v) is 7.63. The van der Waals surface area contributed by atoms with E-state index in [-0.39, 0.29) is 0 Å². The Bertz CT molecular complexity index is 1050. The monoisotopic (exact) mass is 349 g/mol. The maximum atomic E-state index is 11.9. The molecule has 7 heteroatoms. The van der Waals surface area contributed by atoms with Crippen molar-refractivity contribution >= 4 is 11.8 Å². The molecular formula is C19H15N3O4. The quantitative estimate of drug-likeness (QED) is 0.568. The number of benzene rings is 2. The first-order valence-electron chi connectivity index (χ1n) is 7.63. The number of aromatic hydroxyl groups is 1. The van der Waals surface area contributed by atoms with Crippen molar-refractivity contribution in [2.24, 2.45) is 11.5 Å². The number of nitrogens with two attached hydrogens (primary N) is 2. The van der Waals surface area contributed by atoms with E-state index in [0.717, 1.165) is 0 Å². The number of pyridine rings is 1. The fourth-order valence-corrected chi connectivity index (χ4v) is 2.59. The Hall–Kier alpha value is -3.87. The topological polar surface area (TPSA) is 139 Å². The normalized spacial score (nSPS) is 10.5. The predicted molar refractivity (Wildman–Crippen MR) is 96.6 cm³/mol. The Kier molecular flexibility index (Phi) is 4.28. The maximum Gasteiger partial charge on any atom is 0.290 e. The summed E-state index contributed by atoms with van der Waals surface area (Å²) in [4.78, 5) is 36.9. The first kappa shape index (κ1) is 17.0. The van der Waals surface area contributed by atoms with Crippen LogP contribution in [0.15, 0.2) is 59.4 Å². The van der Waals surface area contributed by atoms with E-state index in [1.165, 1.54) is 6.07 Å². The van der Waals surface area contributed by atoms with Gasteiger partial charge in [0.05, 0.1) is 5.69 Å². The third-order valence-electron chi connectivity index (χ3n) is 3.96. The molecule has 0 bridgehead atoms. The number of aromatic nitrogens is 1. The number of rotatable bonds is 4. The number of hydrogen-bond donors (Lipinski definition) is 4. The molecule has 3 aromatic rings. The number of nitrogens with one attached hydrogen (secondary N) is 1. The molecule has 0 saturated heterocycles. The summed E-state index contributed by atoms with van der Waals surface area (Å²) in [6.45, 7) is 0. The highest BCUT2D eigenvalue weighted by Crippen LogP contribution is 2.31. The van der Waals surface area contributed by atoms with Crippen LogP contribution >= 0.6 is 0 Å². The number of H-pyrrole nitrogens is 1. The van der Waals surface area contributed by atoms with Gasteiger partial charge >= 0.3 is 0 Å². The molecule has 0 fully saturated rings. The highest BCUT2D eigenvalue weighted by Gasteiger charge is 2.13. The molecule has 0 unspecified atom stereocenters. The zero-order chi connectivity index (χ0) is 18.8. The van der Waals surface area contributed by atoms with Crippen LogP contribution in [0.3, 0.4) is 0 Å². The van der Waals surface area contributed by atoms with Gasteiger partial charge in [-0.25, -0.2) is 0 Å². The number of carbonyl (C=O) groups is 2. The summed E-state index contributed by atoms with van der Waals surface area (Å²) in [5.41, 5.74) is 12.8. The molecule has 0 aliphatic rings. The molecular weight excluding hydrogens is 334 g/mol. The summed E-state index contributed by atoms with van der Waals surface area (Å²) in [6.07, 6.45) is 0. The van der Waals surface area contributed by atoms with Gasteiger partial charge in [0.15, 0.2) is 5.75 Å². The lowest BCUT2D eigenvalue weighted by molar-refractivity contribution is 0.0992. The van der Waals surface area contributed by atoms with E-state index < -0.39 is 23.1 Å². The lowest BCUT2D eigenvalue weighted by Crippen LogP contribution is -2.11. The molecule has 3 rings (SSSR count). The van der Waals surface area contributed by atoms with Gasteiger partial charge in [-0.15, -0.1) is 0 Å². The molecule has 2 amide bonds. The van der Waals surface area contributed by atoms with Gasteiger partial charge in [-0.2, -0.15) is 0 Å². The molecule has 130 valence electrons. The minimum Gasteiger partial charge on any atom is -0.503 e. The van der Waals surface area contributed by atoms with Gasteiger partial charge in [0.25, 0.3) is 5.56 Å². The summed E-state index contributed by atoms with van der Waals surface area (Å²) >= 11 is 0. The Labute approximate surface area is 147 Å². The molecule has 0 saturated carbocycles. The average Bonchev–Trinajstić information content (AvgIpc) is 2.63. The molecule has 0 radical (unpaired) electrons. The van der Waals surface area contributed by atoms with Gasteiger partial charge < -0.3 is 21.6 Å². The number of carbonyl (C=O) groups excluding carboxylic acids is 2. The van der Waals surface area contributed by atoms with Crippen LogP contribution in [0.4, 0.5) is 0 Å². The van der Waals surface area contributed by atoms with Crippen molar-refractivity contribution in [1.82, 2.24) is 4.98 Å². The van der Waals surface area contributed by atoms with E-state index in [4.69, 9.17) is 11.5 Å². The lowest BCUT2D eigenvalue weighted by atomic mass is 9.97. The molecule has 2 aromatic carbocycles. The second-order valence-electron chi connectivity index (χ2n) is 5.66. The van der Waals surface area contributed by atoms with Crippen LogP contribution in [0.1, 0.15) is 20.7 Å². The van der Waals surface area contributed by atoms with E-state index in [1.54, 1.807) is 48.5 Å². The van der Waals surface area contributed by atoms with Crippen molar-refractivity contribution < 1.29 is 14.7 Å². The van der Waals surface area contributed by atoms with Crippen molar-refractivity contribution in [3.63, 3.8) is 0 Å². The molecule has 0 aliphatic heterocycles. The zero-order valence-corrected chi connectivity index (χ0v) is 13.5. The summed E-state index contributed by atoms with van der Waals surface area (Å²) in [5, 5.41) is 9.81. The van der Waals surface area contributed by atoms with Gasteiger partial charge in [-0.05, 0) is 41.5 Å². The second-order valence-corrected chi connectivity index (χ2v) is 5.66. The largest absolute Gasteiger partial charge is 0.503 e. The summed E-state index contributed by atoms with van der Waals surface area (Å²) < 4.78 is 0. The molecule has 6 N–H and O–H groups in total. The van der Waals surface area contributed by atoms with Crippen molar-refractivity contribution in [3.8, 4) is 28.1 Å². The fourth-order valence-electron chi connectivity index (χ4n) is 2.59. The Morgan fingerprint density at radius 3 is 1.73 bits per heavy atom. The molecule has 0 atom stereocenters. The third-order valence-corrected chi connectivity index (χ3v) is 3.96. The molecule has 26 heavy (non-hydrogen) atoms. The number of amides is 2. The van der Waals surface area contributed by atoms with Gasteiger partial charge in [-0.1, -0.05) is 24.3 Å².